The number of benzene rings is 1. The van der Waals surface area contributed by atoms with Crippen LogP contribution in [-0.2, 0) is 16.4 Å². The van der Waals surface area contributed by atoms with Gasteiger partial charge in [0.1, 0.15) is 5.25 Å². The van der Waals surface area contributed by atoms with Gasteiger partial charge < -0.3 is 0 Å². The first-order chi connectivity index (χ1) is 10.1. The van der Waals surface area contributed by atoms with E-state index in [-0.39, 0.29) is 5.25 Å². The van der Waals surface area contributed by atoms with Gasteiger partial charge in [-0.2, -0.15) is 0 Å². The highest BCUT2D eigenvalue weighted by Gasteiger charge is 2.85. The van der Waals surface area contributed by atoms with Gasteiger partial charge in [-0.15, -0.1) is 0 Å². The number of rotatable bonds is 4. The average Bonchev–Trinajstić information content (AvgIpc) is 3.41. The fourth-order valence-corrected chi connectivity index (χ4v) is 6.93. The number of sulfonamides is 1. The predicted octanol–water partition coefficient (Wildman–Crippen LogP) is 2.78. The van der Waals surface area contributed by atoms with Crippen molar-refractivity contribution in [3.8, 4) is 0 Å². The molecule has 21 heavy (non-hydrogen) atoms. The van der Waals surface area contributed by atoms with Crippen LogP contribution in [0.5, 0.6) is 0 Å². The van der Waals surface area contributed by atoms with Gasteiger partial charge in [-0.05, 0) is 66.4 Å². The van der Waals surface area contributed by atoms with Crippen molar-refractivity contribution >= 4 is 10.0 Å². The zero-order valence-corrected chi connectivity index (χ0v) is 13.0. The average molecular weight is 303 g/mol. The molecule has 3 fully saturated rings. The summed E-state index contributed by atoms with van der Waals surface area (Å²) in [5.41, 5.74) is 3.37. The first-order valence-corrected chi connectivity index (χ1v) is 9.70. The Bertz CT molecular complexity index is 698. The molecule has 1 aromatic carbocycles. The number of fused-ring (bicyclic) bond motifs is 2. The van der Waals surface area contributed by atoms with Crippen molar-refractivity contribution in [3.05, 3.63) is 35.4 Å². The molecule has 0 saturated heterocycles. The lowest BCUT2D eigenvalue weighted by molar-refractivity contribution is 0.555. The summed E-state index contributed by atoms with van der Waals surface area (Å²) in [6.07, 6.45) is 6.98. The van der Waals surface area contributed by atoms with Gasteiger partial charge in [0.05, 0.1) is 0 Å². The summed E-state index contributed by atoms with van der Waals surface area (Å²) in [6.45, 7) is 0.682. The molecule has 4 aliphatic carbocycles. The summed E-state index contributed by atoms with van der Waals surface area (Å²) in [6, 6.07) is 7.99. The van der Waals surface area contributed by atoms with Crippen LogP contribution in [0.1, 0.15) is 48.5 Å². The Morgan fingerprint density at radius 2 is 1.76 bits per heavy atom. The van der Waals surface area contributed by atoms with Gasteiger partial charge in [-0.25, -0.2) is 13.1 Å². The second kappa shape index (κ2) is 3.72. The van der Waals surface area contributed by atoms with Crippen molar-refractivity contribution in [2.75, 3.05) is 6.54 Å². The molecule has 0 aromatic heterocycles. The van der Waals surface area contributed by atoms with Crippen LogP contribution < -0.4 is 4.72 Å². The standard InChI is InChI=1S/C17H21NO2S/c19-21(20,14-6-5-12-3-1-2-4-13(12)14)18-11-15-16(7-8-16)17(15)9-10-17/h1-4,14-15,18H,5-11H2. The maximum absolute atomic E-state index is 12.7. The molecule has 1 aromatic rings. The van der Waals surface area contributed by atoms with Crippen molar-refractivity contribution in [2.24, 2.45) is 16.7 Å². The highest BCUT2D eigenvalue weighted by molar-refractivity contribution is 7.89. The summed E-state index contributed by atoms with van der Waals surface area (Å²) in [7, 11) is -3.22. The van der Waals surface area contributed by atoms with Crippen molar-refractivity contribution in [3.63, 3.8) is 0 Å². The normalized spacial score (nSPS) is 30.6. The molecule has 3 saturated carbocycles. The van der Waals surface area contributed by atoms with Crippen LogP contribution in [0, 0.1) is 16.7 Å². The fourth-order valence-electron chi connectivity index (χ4n) is 5.33. The molecule has 4 aliphatic rings. The highest BCUT2D eigenvalue weighted by atomic mass is 32.2. The maximum Gasteiger partial charge on any atom is 0.218 e. The van der Waals surface area contributed by atoms with Crippen LogP contribution >= 0.6 is 0 Å². The first kappa shape index (κ1) is 12.7. The van der Waals surface area contributed by atoms with Crippen LogP contribution in [0.2, 0.25) is 0 Å². The van der Waals surface area contributed by atoms with E-state index < -0.39 is 10.0 Å². The third kappa shape index (κ3) is 1.55. The van der Waals surface area contributed by atoms with Gasteiger partial charge in [0.2, 0.25) is 10.0 Å². The van der Waals surface area contributed by atoms with Crippen molar-refractivity contribution in [2.45, 2.75) is 43.8 Å². The minimum atomic E-state index is -3.22. The van der Waals surface area contributed by atoms with Gasteiger partial charge >= 0.3 is 0 Å². The van der Waals surface area contributed by atoms with E-state index in [0.29, 0.717) is 23.3 Å². The molecule has 0 amide bonds. The second-order valence-corrected chi connectivity index (χ2v) is 9.43. The summed E-state index contributed by atoms with van der Waals surface area (Å²) >= 11 is 0. The summed E-state index contributed by atoms with van der Waals surface area (Å²) in [5.74, 6) is 0.636. The third-order valence-corrected chi connectivity index (χ3v) is 8.57. The van der Waals surface area contributed by atoms with Crippen molar-refractivity contribution in [1.82, 2.24) is 4.72 Å². The lowest BCUT2D eigenvalue weighted by Crippen LogP contribution is -2.30. The topological polar surface area (TPSA) is 46.2 Å². The highest BCUT2D eigenvalue weighted by Crippen LogP contribution is 2.92. The molecule has 1 unspecified atom stereocenters. The van der Waals surface area contributed by atoms with Gasteiger partial charge in [0.15, 0.2) is 0 Å². The van der Waals surface area contributed by atoms with E-state index in [4.69, 9.17) is 0 Å². The van der Waals surface area contributed by atoms with Crippen LogP contribution in [0.3, 0.4) is 0 Å². The molecule has 5 rings (SSSR count). The summed E-state index contributed by atoms with van der Waals surface area (Å²) in [5, 5.41) is -0.335. The third-order valence-electron chi connectivity index (χ3n) is 6.76. The molecule has 1 N–H and O–H groups in total. The van der Waals surface area contributed by atoms with Crippen LogP contribution in [0.15, 0.2) is 24.3 Å². The quantitative estimate of drug-likeness (QED) is 0.929. The molecule has 0 aliphatic heterocycles. The molecule has 3 nitrogen and oxygen atoms in total. The number of nitrogens with one attached hydrogen (secondary N) is 1. The summed E-state index contributed by atoms with van der Waals surface area (Å²) < 4.78 is 28.3. The molecule has 2 spiro atoms. The molecule has 0 bridgehead atoms. The maximum atomic E-state index is 12.7. The molecule has 112 valence electrons. The second-order valence-electron chi connectivity index (χ2n) is 7.48. The van der Waals surface area contributed by atoms with Crippen molar-refractivity contribution < 1.29 is 8.42 Å². The molecule has 1 atom stereocenters. The largest absolute Gasteiger partial charge is 0.218 e. The Morgan fingerprint density at radius 1 is 1.10 bits per heavy atom. The van der Waals surface area contributed by atoms with Gasteiger partial charge in [-0.3, -0.25) is 0 Å². The Labute approximate surface area is 126 Å². The van der Waals surface area contributed by atoms with Crippen LogP contribution in [0.25, 0.3) is 0 Å². The van der Waals surface area contributed by atoms with Gasteiger partial charge in [0, 0.05) is 6.54 Å². The Morgan fingerprint density at radius 3 is 2.43 bits per heavy atom. The Balaban J connectivity index is 1.33. The lowest BCUT2D eigenvalue weighted by atomic mass is 10.1. The first-order valence-electron chi connectivity index (χ1n) is 8.15. The van der Waals surface area contributed by atoms with Crippen LogP contribution in [-0.4, -0.2) is 15.0 Å². The van der Waals surface area contributed by atoms with Gasteiger partial charge in [0.25, 0.3) is 0 Å². The summed E-state index contributed by atoms with van der Waals surface area (Å²) in [4.78, 5) is 0. The number of hydrogen-bond donors (Lipinski definition) is 1. The lowest BCUT2D eigenvalue weighted by Gasteiger charge is -2.14. The minimum absolute atomic E-state index is 0.335. The number of hydrogen-bond acceptors (Lipinski definition) is 2. The number of aryl methyl sites for hydroxylation is 1. The molecular weight excluding hydrogens is 282 g/mol. The molecule has 0 radical (unpaired) electrons. The van der Waals surface area contributed by atoms with Gasteiger partial charge in [-0.1, -0.05) is 24.3 Å². The van der Waals surface area contributed by atoms with E-state index in [0.717, 1.165) is 18.4 Å². The minimum Gasteiger partial charge on any atom is -0.214 e. The molecule has 4 heteroatoms. The van der Waals surface area contributed by atoms with E-state index in [2.05, 4.69) is 10.8 Å². The zero-order valence-electron chi connectivity index (χ0n) is 12.1. The smallest absolute Gasteiger partial charge is 0.214 e. The monoisotopic (exact) mass is 303 g/mol. The van der Waals surface area contributed by atoms with Crippen molar-refractivity contribution in [1.29, 1.82) is 0 Å². The van der Waals surface area contributed by atoms with E-state index in [1.165, 1.54) is 31.2 Å². The molecular formula is C17H21NO2S. The fraction of sp³-hybridized carbons (Fsp3) is 0.647. The van der Waals surface area contributed by atoms with E-state index in [1.54, 1.807) is 0 Å². The Hall–Kier alpha value is -0.870. The zero-order chi connectivity index (χ0) is 14.3. The molecule has 0 heterocycles. The van der Waals surface area contributed by atoms with E-state index in [1.807, 2.05) is 18.2 Å². The van der Waals surface area contributed by atoms with E-state index >= 15 is 0 Å². The Kier molecular flexibility index (Phi) is 2.24. The van der Waals surface area contributed by atoms with Crippen LogP contribution in [0.4, 0.5) is 0 Å². The SMILES string of the molecule is O=S(=O)(NCC1C2(CC2)C12CC2)C1CCc2ccccc21. The predicted molar refractivity (Wildman–Crippen MR) is 81.3 cm³/mol. The van der Waals surface area contributed by atoms with E-state index in [9.17, 15) is 8.42 Å².